The van der Waals surface area contributed by atoms with Crippen molar-refractivity contribution >= 4 is 70.9 Å². The van der Waals surface area contributed by atoms with Gasteiger partial charge in [0.1, 0.15) is 65.7 Å². The van der Waals surface area contributed by atoms with Crippen LogP contribution in [0.2, 0.25) is 0 Å². The van der Waals surface area contributed by atoms with Crippen LogP contribution in [0.15, 0.2) is 18.2 Å². The van der Waals surface area contributed by atoms with Gasteiger partial charge < -0.3 is 60.0 Å². The van der Waals surface area contributed by atoms with Crippen LogP contribution < -0.4 is 16.0 Å². The summed E-state index contributed by atoms with van der Waals surface area (Å²) in [7, 11) is 8.54. The van der Waals surface area contributed by atoms with Gasteiger partial charge in [-0.1, -0.05) is 86.1 Å². The zero-order valence-electron chi connectivity index (χ0n) is 60.4. The second kappa shape index (κ2) is 33.8. The summed E-state index contributed by atoms with van der Waals surface area (Å²) in [5.41, 5.74) is -3.05. The molecule has 2 aliphatic carbocycles. The molecular weight excluding hydrogens is 1290 g/mol. The molecule has 0 radical (unpaired) electrons. The molecule has 1 spiro atoms. The monoisotopic (exact) mass is 1400 g/mol. The number of piperidine rings is 1. The maximum atomic E-state index is 15.5. The number of hydrogen-bond acceptors (Lipinski definition) is 12. The number of halogens is 4. The van der Waals surface area contributed by atoms with Gasteiger partial charge in [0.05, 0.1) is 18.5 Å². The molecule has 4 heterocycles. The second-order valence-corrected chi connectivity index (χ2v) is 29.4. The van der Waals surface area contributed by atoms with Gasteiger partial charge in [0.15, 0.2) is 0 Å². The van der Waals surface area contributed by atoms with Gasteiger partial charge in [-0.05, 0) is 132 Å². The smallest absolute Gasteiger partial charge is 0.343 e. The number of carbonyl (C=O) groups excluding carboxylic acids is 12. The number of hydrogen-bond donors (Lipinski definition) is 3. The van der Waals surface area contributed by atoms with E-state index in [9.17, 15) is 46.7 Å². The molecule has 1 aromatic carbocycles. The van der Waals surface area contributed by atoms with Gasteiger partial charge in [-0.25, -0.2) is 4.39 Å². The standard InChI is InChI=1S/C71H108F4N12O12/c1-14-43(5)57-66(96)80(9)45(7)62(92)87-37-31-52(87)64(94)83(12)59(47-24-17-18-25-47)67(97)79(8)41-55(88)76-50(30-28-46-27-29-48(49(72)39-46)71(73,74)75)63(93)86-36-23-26-51(86)61(91)78-70(32-19-20-33-70)69(99)84(13)58(44(6)15-2)68(98)82(11)54(65(95)85-34-21-16-22-35-85)40-56(89)81(10)53(38-42(3)4)60(90)77-57/h27,29,39,42-45,47,50-54,57-59H,14-26,28,30-38,40-41H2,1-13H3,(H,76,88)(H,77,90)(H,78,91)/t43?,44-,45-,50-,51-,52-,53-,54-,57-,58-,59-/m0/s1. The van der Waals surface area contributed by atoms with Crippen LogP contribution in [-0.2, 0) is 70.1 Å². The minimum Gasteiger partial charge on any atom is -0.343 e. The Hall–Kier alpha value is -7.42. The maximum Gasteiger partial charge on any atom is 0.419 e. The van der Waals surface area contributed by atoms with E-state index in [2.05, 4.69) is 16.0 Å². The molecule has 552 valence electrons. The maximum absolute atomic E-state index is 15.5. The lowest BCUT2D eigenvalue weighted by Crippen LogP contribution is -2.65. The van der Waals surface area contributed by atoms with Crippen LogP contribution in [-0.4, -0.2) is 250 Å². The van der Waals surface area contributed by atoms with E-state index in [1.54, 1.807) is 18.7 Å². The first-order valence-corrected chi connectivity index (χ1v) is 35.9. The topological polar surface area (TPSA) is 270 Å². The summed E-state index contributed by atoms with van der Waals surface area (Å²) in [6.07, 6.45) is 1.44. The van der Waals surface area contributed by atoms with Crippen molar-refractivity contribution in [3.05, 3.63) is 35.1 Å². The molecule has 6 fully saturated rings. The van der Waals surface area contributed by atoms with E-state index >= 15 is 28.4 Å². The average molecular weight is 1400 g/mol. The number of alkyl halides is 3. The molecule has 4 saturated heterocycles. The Labute approximate surface area is 580 Å². The number of benzene rings is 1. The molecule has 3 N–H and O–H groups in total. The summed E-state index contributed by atoms with van der Waals surface area (Å²) in [6.45, 7) is 12.6. The third kappa shape index (κ3) is 18.0. The number of fused-ring (bicyclic) bond motifs is 2. The van der Waals surface area contributed by atoms with E-state index in [-0.39, 0.29) is 75.4 Å². The Morgan fingerprint density at radius 1 is 0.626 bits per heavy atom. The van der Waals surface area contributed by atoms with E-state index in [0.717, 1.165) is 30.2 Å². The highest BCUT2D eigenvalue weighted by Crippen LogP contribution is 2.37. The zero-order chi connectivity index (χ0) is 73.3. The zero-order valence-corrected chi connectivity index (χ0v) is 60.4. The molecule has 11 atom stereocenters. The average Bonchev–Trinajstić information content (AvgIpc) is 1.71. The summed E-state index contributed by atoms with van der Waals surface area (Å²) < 4.78 is 56.2. The number of aryl methyl sites for hydroxylation is 1. The number of amides is 12. The van der Waals surface area contributed by atoms with Gasteiger partial charge in [0, 0.05) is 68.5 Å². The number of carbonyl (C=O) groups is 12. The van der Waals surface area contributed by atoms with Crippen LogP contribution in [0, 0.1) is 29.5 Å². The third-order valence-corrected chi connectivity index (χ3v) is 22.2. The van der Waals surface area contributed by atoms with E-state index in [1.807, 2.05) is 27.7 Å². The molecular formula is C71H108F4N12O12. The Kier molecular flexibility index (Phi) is 27.0. The van der Waals surface area contributed by atoms with Crippen molar-refractivity contribution in [1.29, 1.82) is 0 Å². The summed E-state index contributed by atoms with van der Waals surface area (Å²) in [6, 6.07) is -8.83. The minimum absolute atomic E-state index is 0.00452. The van der Waals surface area contributed by atoms with E-state index in [4.69, 9.17) is 0 Å². The van der Waals surface area contributed by atoms with Gasteiger partial charge in [-0.15, -0.1) is 0 Å². The van der Waals surface area contributed by atoms with Crippen LogP contribution in [0.1, 0.15) is 182 Å². The molecule has 1 aromatic rings. The molecule has 1 unspecified atom stereocenters. The van der Waals surface area contributed by atoms with Crippen molar-refractivity contribution in [1.82, 2.24) is 60.0 Å². The van der Waals surface area contributed by atoms with Crippen LogP contribution in [0.25, 0.3) is 0 Å². The van der Waals surface area contributed by atoms with Gasteiger partial charge >= 0.3 is 6.18 Å². The van der Waals surface area contributed by atoms with Crippen molar-refractivity contribution < 1.29 is 75.1 Å². The largest absolute Gasteiger partial charge is 0.419 e. The summed E-state index contributed by atoms with van der Waals surface area (Å²) in [5, 5.41) is 8.65. The third-order valence-electron chi connectivity index (χ3n) is 22.2. The number of nitrogens with zero attached hydrogens (tertiary/aromatic N) is 9. The molecule has 0 bridgehead atoms. The molecule has 0 aromatic heterocycles. The van der Waals surface area contributed by atoms with Crippen molar-refractivity contribution in [2.45, 2.75) is 243 Å². The number of likely N-dealkylation sites (N-methyl/N-ethyl adjacent to an activating group) is 6. The highest BCUT2D eigenvalue weighted by molar-refractivity contribution is 6.01. The van der Waals surface area contributed by atoms with E-state index < -0.39 is 173 Å². The molecule has 7 rings (SSSR count). The fourth-order valence-electron chi connectivity index (χ4n) is 15.4. The Morgan fingerprint density at radius 2 is 1.25 bits per heavy atom. The highest BCUT2D eigenvalue weighted by Gasteiger charge is 2.52. The Morgan fingerprint density at radius 3 is 1.83 bits per heavy atom. The molecule has 4 aliphatic heterocycles. The molecule has 24 nitrogen and oxygen atoms in total. The predicted octanol–water partition coefficient (Wildman–Crippen LogP) is 5.13. The summed E-state index contributed by atoms with van der Waals surface area (Å²) in [5.74, 6) is -11.0. The van der Waals surface area contributed by atoms with E-state index in [1.165, 1.54) is 83.5 Å². The van der Waals surface area contributed by atoms with Crippen molar-refractivity contribution in [2.75, 3.05) is 75.0 Å². The second-order valence-electron chi connectivity index (χ2n) is 29.4. The highest BCUT2D eigenvalue weighted by atomic mass is 19.4. The normalized spacial score (nSPS) is 28.1. The lowest BCUT2D eigenvalue weighted by Gasteiger charge is -2.45. The summed E-state index contributed by atoms with van der Waals surface area (Å²) >= 11 is 0. The van der Waals surface area contributed by atoms with Gasteiger partial charge in [-0.2, -0.15) is 13.2 Å². The predicted molar refractivity (Wildman–Crippen MR) is 359 cm³/mol. The first-order chi connectivity index (χ1) is 46.6. The Balaban J connectivity index is 1.29. The van der Waals surface area contributed by atoms with Crippen molar-refractivity contribution in [3.8, 4) is 0 Å². The van der Waals surface area contributed by atoms with Gasteiger partial charge in [0.2, 0.25) is 70.9 Å². The Bertz CT molecular complexity index is 3140. The quantitative estimate of drug-likeness (QED) is 0.244. The molecule has 6 aliphatic rings. The first kappa shape index (κ1) is 78.9. The first-order valence-electron chi connectivity index (χ1n) is 35.9. The van der Waals surface area contributed by atoms with Crippen molar-refractivity contribution in [3.63, 3.8) is 0 Å². The minimum atomic E-state index is -5.00. The molecule has 12 amide bonds. The van der Waals surface area contributed by atoms with Crippen LogP contribution >= 0.6 is 0 Å². The molecule has 99 heavy (non-hydrogen) atoms. The number of nitrogens with one attached hydrogen (secondary N) is 3. The van der Waals surface area contributed by atoms with Crippen LogP contribution in [0.4, 0.5) is 17.6 Å². The van der Waals surface area contributed by atoms with Gasteiger partial charge in [0.25, 0.3) is 0 Å². The molecule has 2 saturated carbocycles. The lowest BCUT2D eigenvalue weighted by molar-refractivity contribution is -0.161. The fraction of sp³-hybridized carbons (Fsp3) is 0.746. The van der Waals surface area contributed by atoms with Crippen LogP contribution in [0.5, 0.6) is 0 Å². The van der Waals surface area contributed by atoms with Gasteiger partial charge in [-0.3, -0.25) is 57.5 Å². The summed E-state index contributed by atoms with van der Waals surface area (Å²) in [4.78, 5) is 191. The lowest BCUT2D eigenvalue weighted by atomic mass is 9.90. The van der Waals surface area contributed by atoms with E-state index in [0.29, 0.717) is 83.0 Å². The van der Waals surface area contributed by atoms with Crippen LogP contribution in [0.3, 0.4) is 0 Å². The fourth-order valence-corrected chi connectivity index (χ4v) is 15.4. The van der Waals surface area contributed by atoms with Crippen molar-refractivity contribution in [2.24, 2.45) is 23.7 Å². The molecule has 28 heteroatoms. The number of likely N-dealkylation sites (tertiary alicyclic amines) is 1. The number of rotatable bonds is 11. The SMILES string of the molecule is CCC(C)[C@@H]1NC(=O)[C@H](CC(C)C)N(C)C(=O)C[C@@H](C(=O)N2CCCCC2)N(C)C(=O)[C@H]([C@@H](C)CC)N(C)C(=O)C2(CCCC2)NC(=O)[C@@H]2CCCN2C(=O)[C@H](CCc2ccc(C(F)(F)F)c(F)c2)NC(=O)CN(C)C(=O)[C@H](C2CCCC2)N(C)C(=O)[C@@H]2CCN2C(=O)[C@H](C)N(C)C1=O.